The van der Waals surface area contributed by atoms with Crippen molar-refractivity contribution in [2.24, 2.45) is 5.92 Å². The van der Waals surface area contributed by atoms with E-state index in [4.69, 9.17) is 9.84 Å². The van der Waals surface area contributed by atoms with Crippen LogP contribution in [-0.2, 0) is 14.3 Å². The predicted molar refractivity (Wildman–Crippen MR) is 75.5 cm³/mol. The minimum atomic E-state index is -0.824. The molecule has 0 aliphatic carbocycles. The Hall–Kier alpha value is -1.14. The lowest BCUT2D eigenvalue weighted by Gasteiger charge is -2.31. The van der Waals surface area contributed by atoms with Crippen LogP contribution in [0.2, 0.25) is 0 Å². The zero-order chi connectivity index (χ0) is 15.3. The molecule has 6 heteroatoms. The summed E-state index contributed by atoms with van der Waals surface area (Å²) in [5.74, 6) is -1.43. The average Bonchev–Trinajstić information content (AvgIpc) is 2.38. The molecule has 3 unspecified atom stereocenters. The van der Waals surface area contributed by atoms with Crippen molar-refractivity contribution < 1.29 is 19.4 Å². The molecule has 3 atom stereocenters. The predicted octanol–water partition coefficient (Wildman–Crippen LogP) is 0.759. The molecule has 1 rings (SSSR count). The van der Waals surface area contributed by atoms with E-state index in [-0.39, 0.29) is 17.6 Å². The van der Waals surface area contributed by atoms with Gasteiger partial charge in [-0.3, -0.25) is 9.59 Å². The Balaban J connectivity index is 2.47. The number of ether oxygens (including phenoxy) is 1. The van der Waals surface area contributed by atoms with Crippen molar-refractivity contribution >= 4 is 11.9 Å². The van der Waals surface area contributed by atoms with Crippen molar-refractivity contribution in [3.63, 3.8) is 0 Å². The van der Waals surface area contributed by atoms with Gasteiger partial charge in [0.15, 0.2) is 0 Å². The summed E-state index contributed by atoms with van der Waals surface area (Å²) >= 11 is 0. The van der Waals surface area contributed by atoms with E-state index in [1.165, 1.54) is 0 Å². The highest BCUT2D eigenvalue weighted by Gasteiger charge is 2.30. The molecular formula is C14H26N2O4. The molecular weight excluding hydrogens is 260 g/mol. The van der Waals surface area contributed by atoms with Crippen molar-refractivity contribution in [2.75, 3.05) is 13.1 Å². The van der Waals surface area contributed by atoms with Gasteiger partial charge in [-0.15, -0.1) is 0 Å². The van der Waals surface area contributed by atoms with Gasteiger partial charge in [-0.1, -0.05) is 6.92 Å². The lowest BCUT2D eigenvalue weighted by molar-refractivity contribution is -0.146. The second-order valence-electron chi connectivity index (χ2n) is 6.06. The van der Waals surface area contributed by atoms with Crippen LogP contribution in [0, 0.1) is 5.92 Å². The van der Waals surface area contributed by atoms with E-state index in [9.17, 15) is 9.59 Å². The number of aliphatic carboxylic acids is 1. The van der Waals surface area contributed by atoms with Crippen molar-refractivity contribution in [3.05, 3.63) is 0 Å². The van der Waals surface area contributed by atoms with Gasteiger partial charge in [-0.25, -0.2) is 0 Å². The fourth-order valence-corrected chi connectivity index (χ4v) is 2.07. The number of carboxylic acid groups (broad SMARTS) is 1. The van der Waals surface area contributed by atoms with E-state index in [0.29, 0.717) is 19.5 Å². The minimum absolute atomic E-state index is 0.158. The van der Waals surface area contributed by atoms with Gasteiger partial charge in [0, 0.05) is 18.6 Å². The second-order valence-corrected chi connectivity index (χ2v) is 6.06. The summed E-state index contributed by atoms with van der Waals surface area (Å²) in [4.78, 5) is 23.0. The Labute approximate surface area is 120 Å². The van der Waals surface area contributed by atoms with Crippen LogP contribution < -0.4 is 10.6 Å². The summed E-state index contributed by atoms with van der Waals surface area (Å²) in [6.45, 7) is 8.66. The molecule has 20 heavy (non-hydrogen) atoms. The van der Waals surface area contributed by atoms with Crippen LogP contribution in [0.5, 0.6) is 0 Å². The molecule has 1 saturated heterocycles. The van der Waals surface area contributed by atoms with E-state index < -0.39 is 18.0 Å². The molecule has 6 nitrogen and oxygen atoms in total. The number of carboxylic acids is 1. The van der Waals surface area contributed by atoms with Crippen molar-refractivity contribution in [2.45, 2.75) is 58.3 Å². The fourth-order valence-electron chi connectivity index (χ4n) is 2.07. The molecule has 1 aliphatic rings. The molecule has 1 fully saturated rings. The van der Waals surface area contributed by atoms with Gasteiger partial charge in [0.05, 0.1) is 12.0 Å². The summed E-state index contributed by atoms with van der Waals surface area (Å²) in [6.07, 6.45) is 0.449. The molecule has 1 heterocycles. The third-order valence-corrected chi connectivity index (χ3v) is 3.77. The molecule has 0 spiro atoms. The molecule has 0 saturated carbocycles. The topological polar surface area (TPSA) is 87.7 Å². The number of nitrogens with one attached hydrogen (secondary N) is 2. The lowest BCUT2D eigenvalue weighted by Crippen LogP contribution is -2.50. The number of carbonyl (C=O) groups is 2. The maximum atomic E-state index is 12.0. The van der Waals surface area contributed by atoms with Crippen LogP contribution in [0.15, 0.2) is 0 Å². The Morgan fingerprint density at radius 3 is 2.65 bits per heavy atom. The maximum absolute atomic E-state index is 12.0. The van der Waals surface area contributed by atoms with Gasteiger partial charge in [-0.2, -0.15) is 0 Å². The van der Waals surface area contributed by atoms with Gasteiger partial charge in [0.1, 0.15) is 6.10 Å². The highest BCUT2D eigenvalue weighted by Crippen LogP contribution is 2.16. The smallest absolute Gasteiger partial charge is 0.307 e. The molecule has 0 bridgehead atoms. The van der Waals surface area contributed by atoms with Crippen molar-refractivity contribution in [1.29, 1.82) is 0 Å². The first-order chi connectivity index (χ1) is 9.25. The van der Waals surface area contributed by atoms with Crippen molar-refractivity contribution in [3.8, 4) is 0 Å². The third kappa shape index (κ3) is 5.09. The molecule has 0 aromatic rings. The third-order valence-electron chi connectivity index (χ3n) is 3.77. The minimum Gasteiger partial charge on any atom is -0.481 e. The Kier molecular flexibility index (Phi) is 5.95. The van der Waals surface area contributed by atoms with Gasteiger partial charge in [-0.05, 0) is 33.6 Å². The van der Waals surface area contributed by atoms with E-state index in [1.807, 2.05) is 20.8 Å². The van der Waals surface area contributed by atoms with Gasteiger partial charge < -0.3 is 20.5 Å². The molecule has 0 radical (unpaired) electrons. The number of rotatable bonds is 6. The summed E-state index contributed by atoms with van der Waals surface area (Å²) in [6, 6.07) is 0. The van der Waals surface area contributed by atoms with Crippen LogP contribution in [0.3, 0.4) is 0 Å². The first kappa shape index (κ1) is 16.9. The summed E-state index contributed by atoms with van der Waals surface area (Å²) in [5.41, 5.74) is -0.261. The SMILES string of the molecule is CCC(C)(C)NC(=O)C(C)OC1CNCC(C(=O)O)C1. The van der Waals surface area contributed by atoms with E-state index in [1.54, 1.807) is 6.92 Å². The molecule has 3 N–H and O–H groups in total. The quantitative estimate of drug-likeness (QED) is 0.671. The highest BCUT2D eigenvalue weighted by atomic mass is 16.5. The largest absolute Gasteiger partial charge is 0.481 e. The van der Waals surface area contributed by atoms with Crippen LogP contribution in [0.1, 0.15) is 40.5 Å². The monoisotopic (exact) mass is 286 g/mol. The maximum Gasteiger partial charge on any atom is 0.307 e. The Morgan fingerprint density at radius 1 is 1.45 bits per heavy atom. The molecule has 1 aliphatic heterocycles. The zero-order valence-corrected chi connectivity index (χ0v) is 12.7. The Morgan fingerprint density at radius 2 is 2.10 bits per heavy atom. The van der Waals surface area contributed by atoms with Gasteiger partial charge >= 0.3 is 5.97 Å². The zero-order valence-electron chi connectivity index (χ0n) is 12.7. The fraction of sp³-hybridized carbons (Fsp3) is 0.857. The molecule has 0 aromatic carbocycles. The highest BCUT2D eigenvalue weighted by molar-refractivity contribution is 5.81. The first-order valence-corrected chi connectivity index (χ1v) is 7.16. The van der Waals surface area contributed by atoms with Crippen LogP contribution in [0.25, 0.3) is 0 Å². The second kappa shape index (κ2) is 7.04. The lowest BCUT2D eigenvalue weighted by atomic mass is 9.97. The normalized spacial score (nSPS) is 25.0. The van der Waals surface area contributed by atoms with E-state index >= 15 is 0 Å². The van der Waals surface area contributed by atoms with Crippen molar-refractivity contribution in [1.82, 2.24) is 10.6 Å². The number of hydrogen-bond acceptors (Lipinski definition) is 4. The number of piperidine rings is 1. The number of amides is 1. The first-order valence-electron chi connectivity index (χ1n) is 7.16. The summed E-state index contributed by atoms with van der Waals surface area (Å²) in [7, 11) is 0. The Bertz CT molecular complexity index is 357. The molecule has 116 valence electrons. The van der Waals surface area contributed by atoms with E-state index in [0.717, 1.165) is 6.42 Å². The summed E-state index contributed by atoms with van der Waals surface area (Å²) in [5, 5.41) is 15.0. The van der Waals surface area contributed by atoms with Gasteiger partial charge in [0.2, 0.25) is 5.91 Å². The molecule has 0 aromatic heterocycles. The molecule has 1 amide bonds. The van der Waals surface area contributed by atoms with Crippen LogP contribution >= 0.6 is 0 Å². The van der Waals surface area contributed by atoms with Gasteiger partial charge in [0.25, 0.3) is 0 Å². The van der Waals surface area contributed by atoms with E-state index in [2.05, 4.69) is 10.6 Å². The number of carbonyl (C=O) groups excluding carboxylic acids is 1. The number of hydrogen-bond donors (Lipinski definition) is 3. The van der Waals surface area contributed by atoms with Crippen LogP contribution in [-0.4, -0.2) is 47.8 Å². The summed E-state index contributed by atoms with van der Waals surface area (Å²) < 4.78 is 5.69. The standard InChI is InChI=1S/C14H26N2O4/c1-5-14(3,4)16-12(17)9(2)20-11-6-10(13(18)19)7-15-8-11/h9-11,15H,5-8H2,1-4H3,(H,16,17)(H,18,19). The average molecular weight is 286 g/mol. The van der Waals surface area contributed by atoms with Crippen LogP contribution in [0.4, 0.5) is 0 Å².